The minimum Gasteiger partial charge on any atom is -0.463 e. The number of carbonyl (C=O) groups excluding carboxylic acids is 1. The van der Waals surface area contributed by atoms with Gasteiger partial charge in [-0.05, 0) is 51.4 Å². The number of hydrogen-bond donors (Lipinski definition) is 0. The molecule has 0 spiro atoms. The van der Waals surface area contributed by atoms with Crippen LogP contribution in [0.1, 0.15) is 71.1 Å². The molecule has 1 aliphatic rings. The zero-order valence-corrected chi connectivity index (χ0v) is 20.0. The van der Waals surface area contributed by atoms with Gasteiger partial charge < -0.3 is 4.74 Å². The Morgan fingerprint density at radius 3 is 1.94 bits per heavy atom. The van der Waals surface area contributed by atoms with E-state index in [-0.39, 0.29) is 19.2 Å². The smallest absolute Gasteiger partial charge is 0.400 e. The van der Waals surface area contributed by atoms with Crippen LogP contribution >= 0.6 is 0 Å². The van der Waals surface area contributed by atoms with E-state index in [0.717, 1.165) is 57.8 Å². The molecule has 6 nitrogen and oxygen atoms in total. The maximum absolute atomic E-state index is 11.6. The van der Waals surface area contributed by atoms with E-state index in [9.17, 15) is 13.2 Å². The lowest BCUT2D eigenvalue weighted by atomic mass is 10.1. The highest BCUT2D eigenvalue weighted by atomic mass is 32.3. The fraction of sp³-hybridized carbons (Fsp3) is 0.560. The van der Waals surface area contributed by atoms with E-state index in [0.29, 0.717) is 6.42 Å². The zero-order chi connectivity index (χ0) is 23.3. The normalized spacial score (nSPS) is 18.8. The summed E-state index contributed by atoms with van der Waals surface area (Å²) in [6.45, 7) is 1.93. The number of carbonyl (C=O) groups is 1. The molecular formula is C25H38O6S. The number of hydrogen-bond acceptors (Lipinski definition) is 6. The van der Waals surface area contributed by atoms with Crippen molar-refractivity contribution in [2.45, 2.75) is 77.2 Å². The van der Waals surface area contributed by atoms with E-state index in [2.05, 4.69) is 76.1 Å². The third-order valence-corrected chi connectivity index (χ3v) is 5.42. The predicted molar refractivity (Wildman–Crippen MR) is 128 cm³/mol. The maximum Gasteiger partial charge on any atom is 0.400 e. The molecule has 0 saturated carbocycles. The van der Waals surface area contributed by atoms with Crippen molar-refractivity contribution >= 4 is 16.4 Å². The molecule has 7 heteroatoms. The molecule has 0 aromatic carbocycles. The Kier molecular flexibility index (Phi) is 16.3. The monoisotopic (exact) mass is 466 g/mol. The average Bonchev–Trinajstić information content (AvgIpc) is 3.12. The molecule has 32 heavy (non-hydrogen) atoms. The number of ether oxygens (including phenoxy) is 1. The lowest BCUT2D eigenvalue weighted by Gasteiger charge is -2.07. The van der Waals surface area contributed by atoms with Gasteiger partial charge in [-0.25, -0.2) is 8.37 Å². The molecule has 1 aliphatic heterocycles. The van der Waals surface area contributed by atoms with E-state index in [4.69, 9.17) is 4.74 Å². The van der Waals surface area contributed by atoms with E-state index in [1.807, 2.05) is 0 Å². The standard InChI is InChI=1S/C25H38O6S/c1-2-3-4-5-6-7-8-9-10-11-12-13-14-15-16-17-18-19-20-21-25(26)29-22-24-23-30-32(27,28)31-24/h3-4,6-7,9-10,12-13,15-16,24H,2,5,8,11,14,17-23H2,1H3/b4-3-,7-6-,10-9-,13-12-,16-15-. The summed E-state index contributed by atoms with van der Waals surface area (Å²) in [5, 5.41) is 0. The fourth-order valence-corrected chi connectivity index (χ4v) is 3.61. The number of allylic oxidation sites excluding steroid dienone is 10. The molecule has 0 N–H and O–H groups in total. The van der Waals surface area contributed by atoms with Crippen LogP contribution in [0.2, 0.25) is 0 Å². The van der Waals surface area contributed by atoms with E-state index in [1.165, 1.54) is 0 Å². The van der Waals surface area contributed by atoms with Crippen LogP contribution in [0.5, 0.6) is 0 Å². The van der Waals surface area contributed by atoms with Crippen molar-refractivity contribution in [2.75, 3.05) is 13.2 Å². The van der Waals surface area contributed by atoms with Gasteiger partial charge in [-0.3, -0.25) is 4.79 Å². The third-order valence-electron chi connectivity index (χ3n) is 4.49. The molecule has 1 unspecified atom stereocenters. The van der Waals surface area contributed by atoms with E-state index in [1.54, 1.807) is 0 Å². The third kappa shape index (κ3) is 16.7. The Bertz CT molecular complexity index is 746. The molecule has 0 radical (unpaired) electrons. The summed E-state index contributed by atoms with van der Waals surface area (Å²) in [4.78, 5) is 11.6. The minimum absolute atomic E-state index is 0.0991. The second kappa shape index (κ2) is 18.6. The number of esters is 1. The molecule has 0 bridgehead atoms. The molecule has 0 aliphatic carbocycles. The number of rotatable bonds is 17. The van der Waals surface area contributed by atoms with Gasteiger partial charge >= 0.3 is 16.4 Å². The second-order valence-corrected chi connectivity index (χ2v) is 8.65. The van der Waals surface area contributed by atoms with Gasteiger partial charge in [-0.15, -0.1) is 0 Å². The predicted octanol–water partition coefficient (Wildman–Crippen LogP) is 5.89. The van der Waals surface area contributed by atoms with Crippen molar-refractivity contribution in [3.8, 4) is 0 Å². The van der Waals surface area contributed by atoms with Gasteiger partial charge in [-0.1, -0.05) is 74.1 Å². The molecule has 0 aromatic heterocycles. The van der Waals surface area contributed by atoms with Gasteiger partial charge in [0.1, 0.15) is 12.7 Å². The summed E-state index contributed by atoms with van der Waals surface area (Å²) < 4.78 is 35.9. The van der Waals surface area contributed by atoms with Crippen molar-refractivity contribution in [1.82, 2.24) is 0 Å². The Morgan fingerprint density at radius 1 is 0.844 bits per heavy atom. The molecular weight excluding hydrogens is 428 g/mol. The molecule has 0 amide bonds. The van der Waals surface area contributed by atoms with E-state index < -0.39 is 16.5 Å². The molecule has 1 fully saturated rings. The lowest BCUT2D eigenvalue weighted by Crippen LogP contribution is -2.20. The molecule has 1 atom stereocenters. The average molecular weight is 467 g/mol. The highest BCUT2D eigenvalue weighted by Crippen LogP contribution is 2.13. The summed E-state index contributed by atoms with van der Waals surface area (Å²) >= 11 is 0. The first-order valence-corrected chi connectivity index (χ1v) is 12.8. The van der Waals surface area contributed by atoms with Gasteiger partial charge in [0.15, 0.2) is 0 Å². The van der Waals surface area contributed by atoms with Crippen LogP contribution < -0.4 is 0 Å². The van der Waals surface area contributed by atoms with Crippen molar-refractivity contribution in [3.05, 3.63) is 60.8 Å². The van der Waals surface area contributed by atoms with Gasteiger partial charge in [-0.2, -0.15) is 8.42 Å². The lowest BCUT2D eigenvalue weighted by molar-refractivity contribution is -0.146. The van der Waals surface area contributed by atoms with Gasteiger partial charge in [0, 0.05) is 6.42 Å². The van der Waals surface area contributed by atoms with E-state index >= 15 is 0 Å². The van der Waals surface area contributed by atoms with Crippen LogP contribution in [0.3, 0.4) is 0 Å². The van der Waals surface area contributed by atoms with Gasteiger partial charge in [0.25, 0.3) is 0 Å². The van der Waals surface area contributed by atoms with Crippen molar-refractivity contribution < 1.29 is 26.3 Å². The minimum atomic E-state index is -3.90. The van der Waals surface area contributed by atoms with Crippen LogP contribution in [-0.4, -0.2) is 33.7 Å². The zero-order valence-electron chi connectivity index (χ0n) is 19.2. The first-order valence-electron chi connectivity index (χ1n) is 11.5. The van der Waals surface area contributed by atoms with Gasteiger partial charge in [0.2, 0.25) is 0 Å². The quantitative estimate of drug-likeness (QED) is 0.151. The Labute approximate surface area is 194 Å². The Hall–Kier alpha value is -1.96. The highest BCUT2D eigenvalue weighted by Gasteiger charge is 2.30. The van der Waals surface area contributed by atoms with Crippen molar-refractivity contribution in [1.29, 1.82) is 0 Å². The summed E-state index contributed by atoms with van der Waals surface area (Å²) in [5.41, 5.74) is 0. The first kappa shape index (κ1) is 28.1. The van der Waals surface area contributed by atoms with Gasteiger partial charge in [0.05, 0.1) is 6.61 Å². The van der Waals surface area contributed by atoms with Crippen molar-refractivity contribution in [3.63, 3.8) is 0 Å². The second-order valence-electron chi connectivity index (χ2n) is 7.40. The summed E-state index contributed by atoms with van der Waals surface area (Å²) in [6.07, 6.45) is 30.1. The SMILES string of the molecule is CC/C=C\C/C=C\C/C=C\C/C=C\C/C=C\CCCCCC(=O)OCC1COS(=O)(=O)O1. The molecule has 1 heterocycles. The highest BCUT2D eigenvalue weighted by molar-refractivity contribution is 7.82. The fourth-order valence-electron chi connectivity index (χ4n) is 2.79. The van der Waals surface area contributed by atoms with Crippen LogP contribution in [0.4, 0.5) is 0 Å². The Balaban J connectivity index is 1.90. The first-order chi connectivity index (χ1) is 15.5. The summed E-state index contributed by atoms with van der Waals surface area (Å²) in [6, 6.07) is 0. The molecule has 1 rings (SSSR count). The topological polar surface area (TPSA) is 78.9 Å². The Morgan fingerprint density at radius 2 is 1.41 bits per heavy atom. The van der Waals surface area contributed by atoms with Crippen LogP contribution in [-0.2, 0) is 28.3 Å². The molecule has 0 aromatic rings. The molecule has 1 saturated heterocycles. The van der Waals surface area contributed by atoms with Crippen molar-refractivity contribution in [2.24, 2.45) is 0 Å². The summed E-state index contributed by atoms with van der Waals surface area (Å²) in [5.74, 6) is -0.340. The summed E-state index contributed by atoms with van der Waals surface area (Å²) in [7, 11) is -3.90. The molecule has 180 valence electrons. The largest absolute Gasteiger partial charge is 0.463 e. The maximum atomic E-state index is 11.6. The van der Waals surface area contributed by atoms with Crippen LogP contribution in [0.25, 0.3) is 0 Å². The number of unbranched alkanes of at least 4 members (excludes halogenated alkanes) is 3. The van der Waals surface area contributed by atoms with Crippen LogP contribution in [0.15, 0.2) is 60.8 Å². The van der Waals surface area contributed by atoms with Crippen LogP contribution in [0, 0.1) is 0 Å².